The van der Waals surface area contributed by atoms with Crippen molar-refractivity contribution in [1.82, 2.24) is 4.90 Å². The quantitative estimate of drug-likeness (QED) is 0.578. The lowest BCUT2D eigenvalue weighted by atomic mass is 10.2. The van der Waals surface area contributed by atoms with Crippen LogP contribution in [-0.4, -0.2) is 25.0 Å². The number of hydrogen-bond acceptors (Lipinski definition) is 3. The maximum atomic E-state index is 11.8. The molecule has 0 radical (unpaired) electrons. The van der Waals surface area contributed by atoms with E-state index in [9.17, 15) is 4.79 Å². The molecule has 0 aliphatic rings. The first-order valence-electron chi connectivity index (χ1n) is 5.14. The Hall–Kier alpha value is -1.77. The van der Waals surface area contributed by atoms with Gasteiger partial charge < -0.3 is 9.64 Å². The van der Waals surface area contributed by atoms with Crippen LogP contribution in [0.3, 0.4) is 0 Å². The van der Waals surface area contributed by atoms with Crippen molar-refractivity contribution in [3.63, 3.8) is 0 Å². The molecule has 1 aromatic rings. The lowest BCUT2D eigenvalue weighted by molar-refractivity contribution is 0.0532. The molecule has 0 bridgehead atoms. The first-order valence-corrected chi connectivity index (χ1v) is 5.14. The predicted molar refractivity (Wildman–Crippen MR) is 63.9 cm³/mol. The fourth-order valence-electron chi connectivity index (χ4n) is 1.36. The average molecular weight is 219 g/mol. The Bertz CT molecular complexity index is 390. The molecule has 0 fully saturated rings. The molecule has 0 aromatic heterocycles. The fourth-order valence-corrected chi connectivity index (χ4v) is 1.36. The van der Waals surface area contributed by atoms with Crippen LogP contribution in [0.4, 0.5) is 0 Å². The smallest absolute Gasteiger partial charge is 0.344 e. The van der Waals surface area contributed by atoms with Crippen LogP contribution in [0.1, 0.15) is 24.2 Å². The van der Waals surface area contributed by atoms with E-state index in [0.717, 1.165) is 5.57 Å². The Kier molecular flexibility index (Phi) is 4.11. The highest BCUT2D eigenvalue weighted by atomic mass is 16.5. The van der Waals surface area contributed by atoms with E-state index in [2.05, 4.69) is 0 Å². The van der Waals surface area contributed by atoms with Crippen molar-refractivity contribution in [3.8, 4) is 0 Å². The van der Waals surface area contributed by atoms with Crippen LogP contribution < -0.4 is 0 Å². The van der Waals surface area contributed by atoms with Crippen LogP contribution in [0, 0.1) is 0 Å². The minimum absolute atomic E-state index is 0.328. The highest BCUT2D eigenvalue weighted by molar-refractivity contribution is 5.89. The normalized spacial score (nSPS) is 9.50. The third-order valence-corrected chi connectivity index (χ3v) is 2.03. The standard InChI is InChI=1S/C13H17NO2/c1-10(2)12(14(3)4)16-13(15)11-8-6-5-7-9-11/h5-9H,1-4H3. The van der Waals surface area contributed by atoms with Crippen LogP contribution in [0.25, 0.3) is 0 Å². The number of ether oxygens (including phenoxy) is 1. The molecule has 0 aliphatic carbocycles. The Morgan fingerprint density at radius 1 is 1.12 bits per heavy atom. The third-order valence-electron chi connectivity index (χ3n) is 2.03. The Labute approximate surface area is 96.3 Å². The van der Waals surface area contributed by atoms with Gasteiger partial charge in [0.1, 0.15) is 0 Å². The maximum Gasteiger partial charge on any atom is 0.344 e. The molecule has 1 aromatic carbocycles. The summed E-state index contributed by atoms with van der Waals surface area (Å²) in [7, 11) is 3.70. The van der Waals surface area contributed by atoms with E-state index in [0.29, 0.717) is 11.4 Å². The van der Waals surface area contributed by atoms with Gasteiger partial charge in [0.15, 0.2) is 5.88 Å². The van der Waals surface area contributed by atoms with Crippen LogP contribution >= 0.6 is 0 Å². The highest BCUT2D eigenvalue weighted by Crippen LogP contribution is 2.11. The minimum Gasteiger partial charge on any atom is -0.406 e. The molecule has 3 nitrogen and oxygen atoms in total. The molecule has 0 unspecified atom stereocenters. The van der Waals surface area contributed by atoms with Crippen molar-refractivity contribution in [2.45, 2.75) is 13.8 Å². The molecule has 86 valence electrons. The summed E-state index contributed by atoms with van der Waals surface area (Å²) in [6.45, 7) is 3.82. The second kappa shape index (κ2) is 5.35. The van der Waals surface area contributed by atoms with E-state index >= 15 is 0 Å². The maximum absolute atomic E-state index is 11.8. The second-order valence-electron chi connectivity index (χ2n) is 3.96. The van der Waals surface area contributed by atoms with Gasteiger partial charge in [-0.2, -0.15) is 0 Å². The molecule has 16 heavy (non-hydrogen) atoms. The first kappa shape index (κ1) is 12.3. The zero-order valence-electron chi connectivity index (χ0n) is 10.2. The van der Waals surface area contributed by atoms with Crippen LogP contribution in [-0.2, 0) is 4.74 Å². The molecule has 1 rings (SSSR count). The van der Waals surface area contributed by atoms with E-state index in [4.69, 9.17) is 4.74 Å². The number of rotatable bonds is 3. The van der Waals surface area contributed by atoms with Crippen LogP contribution in [0.5, 0.6) is 0 Å². The SMILES string of the molecule is CC(C)=C(OC(=O)c1ccccc1)N(C)C. The van der Waals surface area contributed by atoms with Gasteiger partial charge in [0.2, 0.25) is 0 Å². The molecule has 0 spiro atoms. The van der Waals surface area contributed by atoms with E-state index in [1.54, 1.807) is 17.0 Å². The summed E-state index contributed by atoms with van der Waals surface area (Å²) < 4.78 is 5.33. The van der Waals surface area contributed by atoms with Gasteiger partial charge in [-0.05, 0) is 31.6 Å². The van der Waals surface area contributed by atoms with Gasteiger partial charge in [-0.3, -0.25) is 0 Å². The van der Waals surface area contributed by atoms with Crippen molar-refractivity contribution >= 4 is 5.97 Å². The van der Waals surface area contributed by atoms with Crippen molar-refractivity contribution < 1.29 is 9.53 Å². The number of hydrogen-bond donors (Lipinski definition) is 0. The van der Waals surface area contributed by atoms with E-state index < -0.39 is 0 Å². The minimum atomic E-state index is -0.328. The highest BCUT2D eigenvalue weighted by Gasteiger charge is 2.12. The number of allylic oxidation sites excluding steroid dienone is 1. The Morgan fingerprint density at radius 3 is 2.12 bits per heavy atom. The lowest BCUT2D eigenvalue weighted by Gasteiger charge is -2.18. The molecule has 0 N–H and O–H groups in total. The van der Waals surface area contributed by atoms with E-state index in [1.807, 2.05) is 46.1 Å². The van der Waals surface area contributed by atoms with Crippen molar-refractivity contribution in [2.75, 3.05) is 14.1 Å². The molecule has 3 heteroatoms. The molecule has 0 saturated carbocycles. The number of benzene rings is 1. The van der Waals surface area contributed by atoms with Gasteiger partial charge in [-0.1, -0.05) is 18.2 Å². The van der Waals surface area contributed by atoms with Gasteiger partial charge >= 0.3 is 5.97 Å². The van der Waals surface area contributed by atoms with Gasteiger partial charge in [-0.15, -0.1) is 0 Å². The van der Waals surface area contributed by atoms with Gasteiger partial charge in [0.25, 0.3) is 0 Å². The summed E-state index contributed by atoms with van der Waals surface area (Å²) in [6.07, 6.45) is 0. The van der Waals surface area contributed by atoms with Gasteiger partial charge in [0.05, 0.1) is 5.56 Å². The largest absolute Gasteiger partial charge is 0.406 e. The van der Waals surface area contributed by atoms with Crippen molar-refractivity contribution in [3.05, 3.63) is 47.4 Å². The van der Waals surface area contributed by atoms with E-state index in [-0.39, 0.29) is 5.97 Å². The molecule has 0 heterocycles. The average Bonchev–Trinajstić information content (AvgIpc) is 2.25. The fraction of sp³-hybridized carbons (Fsp3) is 0.308. The lowest BCUT2D eigenvalue weighted by Crippen LogP contribution is -2.18. The molecule has 0 amide bonds. The monoisotopic (exact) mass is 219 g/mol. The topological polar surface area (TPSA) is 29.5 Å². The Morgan fingerprint density at radius 2 is 1.69 bits per heavy atom. The second-order valence-corrected chi connectivity index (χ2v) is 3.96. The molecule has 0 aliphatic heterocycles. The predicted octanol–water partition coefficient (Wildman–Crippen LogP) is 2.66. The molecular formula is C13H17NO2. The van der Waals surface area contributed by atoms with Gasteiger partial charge in [-0.25, -0.2) is 4.79 Å². The molecule has 0 saturated heterocycles. The molecule has 0 atom stereocenters. The summed E-state index contributed by atoms with van der Waals surface area (Å²) in [4.78, 5) is 13.6. The zero-order valence-corrected chi connectivity index (χ0v) is 10.2. The number of carbonyl (C=O) groups is 1. The number of carbonyl (C=O) groups excluding carboxylic acids is 1. The molecular weight excluding hydrogens is 202 g/mol. The Balaban J connectivity index is 2.83. The van der Waals surface area contributed by atoms with E-state index in [1.165, 1.54) is 0 Å². The summed E-state index contributed by atoms with van der Waals surface area (Å²) in [5.41, 5.74) is 1.53. The van der Waals surface area contributed by atoms with Crippen molar-refractivity contribution in [2.24, 2.45) is 0 Å². The van der Waals surface area contributed by atoms with Crippen LogP contribution in [0.2, 0.25) is 0 Å². The number of esters is 1. The summed E-state index contributed by atoms with van der Waals surface area (Å²) in [5, 5.41) is 0. The van der Waals surface area contributed by atoms with Crippen molar-refractivity contribution in [1.29, 1.82) is 0 Å². The third kappa shape index (κ3) is 3.12. The van der Waals surface area contributed by atoms with Crippen LogP contribution in [0.15, 0.2) is 41.8 Å². The number of nitrogens with zero attached hydrogens (tertiary/aromatic N) is 1. The summed E-state index contributed by atoms with van der Waals surface area (Å²) in [5.74, 6) is 0.263. The van der Waals surface area contributed by atoms with Gasteiger partial charge in [0, 0.05) is 14.1 Å². The summed E-state index contributed by atoms with van der Waals surface area (Å²) >= 11 is 0. The summed E-state index contributed by atoms with van der Waals surface area (Å²) in [6, 6.07) is 8.97. The first-order chi connectivity index (χ1) is 7.52. The zero-order chi connectivity index (χ0) is 12.1.